The molecule has 0 aliphatic carbocycles. The van der Waals surface area contributed by atoms with Crippen molar-refractivity contribution in [3.05, 3.63) is 0 Å². The monoisotopic (exact) mass is 289 g/mol. The number of hydrogen-bond donors (Lipinski definition) is 2. The lowest BCUT2D eigenvalue weighted by atomic mass is 9.94. The minimum atomic E-state index is -0.623. The van der Waals surface area contributed by atoms with Crippen LogP contribution in [0, 0.1) is 0 Å². The molecule has 1 amide bonds. The maximum absolute atomic E-state index is 11.6. The zero-order valence-corrected chi connectivity index (χ0v) is 12.9. The summed E-state index contributed by atoms with van der Waals surface area (Å²) in [6.07, 6.45) is 2.67. The van der Waals surface area contributed by atoms with E-state index in [4.69, 9.17) is 5.73 Å². The van der Waals surface area contributed by atoms with E-state index in [2.05, 4.69) is 17.1 Å². The molecular weight excluding hydrogens is 262 g/mol. The van der Waals surface area contributed by atoms with E-state index in [1.165, 1.54) is 0 Å². The summed E-state index contributed by atoms with van der Waals surface area (Å²) in [4.78, 5) is 13.9. The third-order valence-electron chi connectivity index (χ3n) is 3.73. The largest absolute Gasteiger partial charge is 0.368 e. The van der Waals surface area contributed by atoms with E-state index >= 15 is 0 Å². The van der Waals surface area contributed by atoms with Crippen LogP contribution in [-0.4, -0.2) is 58.2 Å². The van der Waals surface area contributed by atoms with Gasteiger partial charge in [0, 0.05) is 35.4 Å². The van der Waals surface area contributed by atoms with Gasteiger partial charge in [0.2, 0.25) is 5.91 Å². The number of nitrogens with one attached hydrogen (secondary N) is 1. The molecule has 19 heavy (non-hydrogen) atoms. The maximum Gasteiger partial charge on any atom is 0.237 e. The number of rotatable bonds is 8. The summed E-state index contributed by atoms with van der Waals surface area (Å²) in [6.45, 7) is 7.53. The predicted octanol–water partition coefficient (Wildman–Crippen LogP) is 0.0745. The van der Waals surface area contributed by atoms with Crippen molar-refractivity contribution in [3.8, 4) is 0 Å². The molecule has 0 aromatic rings. The summed E-state index contributed by atoms with van der Waals surface area (Å²) in [5.74, 6) is 1.28. The Kier molecular flexibility index (Phi) is 6.96. The van der Waals surface area contributed by atoms with E-state index in [0.29, 0.717) is 0 Å². The van der Waals surface area contributed by atoms with Crippen molar-refractivity contribution in [2.75, 3.05) is 37.7 Å². The van der Waals surface area contributed by atoms with Gasteiger partial charge in [-0.25, -0.2) is 0 Å². The number of nitrogens with zero attached hydrogens (tertiary/aromatic N) is 1. The van der Waals surface area contributed by atoms with Gasteiger partial charge in [0.25, 0.3) is 0 Å². The Labute approximate surface area is 118 Å². The number of hydrogen-bond acceptors (Lipinski definition) is 4. The Hall–Kier alpha value is -0.460. The highest BCUT2D eigenvalue weighted by Crippen LogP contribution is 2.13. The lowest BCUT2D eigenvalue weighted by Crippen LogP contribution is -2.53. The summed E-state index contributed by atoms with van der Waals surface area (Å²) in [5.41, 5.74) is 4.89. The van der Waals surface area contributed by atoms with Crippen LogP contribution in [0.1, 0.15) is 33.1 Å². The van der Waals surface area contributed by atoms with Crippen molar-refractivity contribution in [3.63, 3.8) is 0 Å². The van der Waals surface area contributed by atoms with Gasteiger partial charge in [-0.05, 0) is 39.3 Å². The molecule has 1 aliphatic rings. The molecule has 1 fully saturated rings. The first kappa shape index (κ1) is 16.6. The van der Waals surface area contributed by atoms with Crippen molar-refractivity contribution in [2.24, 2.45) is 5.73 Å². The van der Waals surface area contributed by atoms with Gasteiger partial charge in [-0.15, -0.1) is 0 Å². The molecule has 1 unspecified atom stereocenters. The van der Waals surface area contributed by atoms with E-state index in [0.717, 1.165) is 56.9 Å². The molecule has 1 aliphatic heterocycles. The first-order valence-corrected chi connectivity index (χ1v) is 8.59. The summed E-state index contributed by atoms with van der Waals surface area (Å²) >= 11 is 0. The van der Waals surface area contributed by atoms with Crippen LogP contribution in [0.5, 0.6) is 0 Å². The summed E-state index contributed by atoms with van der Waals surface area (Å²) in [7, 11) is -0.623. The molecule has 1 rings (SSSR count). The summed E-state index contributed by atoms with van der Waals surface area (Å²) in [6, 6.07) is 0. The molecule has 3 N–H and O–H groups in total. The minimum Gasteiger partial charge on any atom is -0.368 e. The average Bonchev–Trinajstić information content (AvgIpc) is 2.38. The number of carbonyl (C=O) groups excluding carboxylic acids is 1. The summed E-state index contributed by atoms with van der Waals surface area (Å²) in [5, 5.41) is 3.25. The van der Waals surface area contributed by atoms with Crippen LogP contribution in [0.2, 0.25) is 0 Å². The Morgan fingerprint density at radius 2 is 2.05 bits per heavy atom. The van der Waals surface area contributed by atoms with E-state index in [1.54, 1.807) is 0 Å². The van der Waals surface area contributed by atoms with Crippen molar-refractivity contribution >= 4 is 16.7 Å². The van der Waals surface area contributed by atoms with Crippen molar-refractivity contribution < 1.29 is 9.00 Å². The van der Waals surface area contributed by atoms with E-state index < -0.39 is 16.3 Å². The highest BCUT2D eigenvalue weighted by molar-refractivity contribution is 7.85. The molecule has 1 atom stereocenters. The Balaban J connectivity index is 2.32. The number of nitrogens with two attached hydrogens (primary N) is 1. The first-order valence-electron chi connectivity index (χ1n) is 7.10. The van der Waals surface area contributed by atoms with Gasteiger partial charge in [-0.1, -0.05) is 6.92 Å². The Morgan fingerprint density at radius 3 is 2.58 bits per heavy atom. The normalized spacial score (nSPS) is 21.2. The molecule has 0 aromatic carbocycles. The number of amides is 1. The maximum atomic E-state index is 11.6. The third-order valence-corrected chi connectivity index (χ3v) is 5.01. The number of carbonyl (C=O) groups is 1. The lowest BCUT2D eigenvalue weighted by molar-refractivity contribution is -0.124. The van der Waals surface area contributed by atoms with Crippen molar-refractivity contribution in [1.82, 2.24) is 10.2 Å². The van der Waals surface area contributed by atoms with Gasteiger partial charge < -0.3 is 16.0 Å². The SMILES string of the molecule is CCCNC(C)(CCCN1CCS(=O)CC1)C(N)=O. The quantitative estimate of drug-likeness (QED) is 0.663. The van der Waals surface area contributed by atoms with Crippen LogP contribution in [0.25, 0.3) is 0 Å². The molecule has 0 radical (unpaired) electrons. The fourth-order valence-corrected chi connectivity index (χ4v) is 3.38. The number of primary amides is 1. The van der Waals surface area contributed by atoms with E-state index in [-0.39, 0.29) is 5.91 Å². The van der Waals surface area contributed by atoms with Gasteiger partial charge in [-0.2, -0.15) is 0 Å². The minimum absolute atomic E-state index is 0.277. The fourth-order valence-electron chi connectivity index (χ4n) is 2.26. The highest BCUT2D eigenvalue weighted by Gasteiger charge is 2.29. The third kappa shape index (κ3) is 5.58. The zero-order chi connectivity index (χ0) is 14.3. The van der Waals surface area contributed by atoms with Crippen LogP contribution in [0.15, 0.2) is 0 Å². The second-order valence-corrected chi connectivity index (χ2v) is 7.11. The van der Waals surface area contributed by atoms with Crippen LogP contribution in [0.4, 0.5) is 0 Å². The molecule has 0 bridgehead atoms. The summed E-state index contributed by atoms with van der Waals surface area (Å²) < 4.78 is 11.3. The fraction of sp³-hybridized carbons (Fsp3) is 0.923. The molecular formula is C13H27N3O2S. The molecule has 1 heterocycles. The van der Waals surface area contributed by atoms with Gasteiger partial charge in [0.15, 0.2) is 0 Å². The molecule has 1 saturated heterocycles. The Bertz CT molecular complexity index is 315. The van der Waals surface area contributed by atoms with Gasteiger partial charge in [0.1, 0.15) is 0 Å². The second-order valence-electron chi connectivity index (χ2n) is 5.42. The molecule has 112 valence electrons. The van der Waals surface area contributed by atoms with Gasteiger partial charge in [0.05, 0.1) is 5.54 Å². The highest BCUT2D eigenvalue weighted by atomic mass is 32.2. The molecule has 6 heteroatoms. The van der Waals surface area contributed by atoms with Crippen LogP contribution in [-0.2, 0) is 15.6 Å². The van der Waals surface area contributed by atoms with Gasteiger partial charge in [-0.3, -0.25) is 9.00 Å². The average molecular weight is 289 g/mol. The molecule has 5 nitrogen and oxygen atoms in total. The van der Waals surface area contributed by atoms with E-state index in [9.17, 15) is 9.00 Å². The topological polar surface area (TPSA) is 75.4 Å². The van der Waals surface area contributed by atoms with E-state index in [1.807, 2.05) is 6.92 Å². The molecule has 0 spiro atoms. The molecule has 0 aromatic heterocycles. The van der Waals surface area contributed by atoms with Crippen LogP contribution < -0.4 is 11.1 Å². The smallest absolute Gasteiger partial charge is 0.237 e. The second kappa shape index (κ2) is 7.97. The predicted molar refractivity (Wildman–Crippen MR) is 79.4 cm³/mol. The van der Waals surface area contributed by atoms with Crippen LogP contribution in [0.3, 0.4) is 0 Å². The lowest BCUT2D eigenvalue weighted by Gasteiger charge is -2.30. The van der Waals surface area contributed by atoms with Crippen LogP contribution >= 0.6 is 0 Å². The zero-order valence-electron chi connectivity index (χ0n) is 12.1. The van der Waals surface area contributed by atoms with Crippen molar-refractivity contribution in [1.29, 1.82) is 0 Å². The van der Waals surface area contributed by atoms with Gasteiger partial charge >= 0.3 is 0 Å². The molecule has 0 saturated carbocycles. The standard InChI is InChI=1S/C13H27N3O2S/c1-3-6-15-13(2,12(14)17)5-4-7-16-8-10-19(18)11-9-16/h15H,3-11H2,1-2H3,(H2,14,17). The Morgan fingerprint density at radius 1 is 1.42 bits per heavy atom. The van der Waals surface area contributed by atoms with Crippen molar-refractivity contribution in [2.45, 2.75) is 38.6 Å². The first-order chi connectivity index (χ1) is 8.98.